The van der Waals surface area contributed by atoms with Gasteiger partial charge in [-0.2, -0.15) is 0 Å². The molecule has 0 spiro atoms. The van der Waals surface area contributed by atoms with Crippen LogP contribution >= 0.6 is 0 Å². The predicted molar refractivity (Wildman–Crippen MR) is 71.9 cm³/mol. The molecule has 0 saturated carbocycles. The summed E-state index contributed by atoms with van der Waals surface area (Å²) in [5.74, 6) is 0.683. The Morgan fingerprint density at radius 3 is 2.59 bits per heavy atom. The lowest BCUT2D eigenvalue weighted by molar-refractivity contribution is 0.417. The van der Waals surface area contributed by atoms with Gasteiger partial charge in [0.25, 0.3) is 0 Å². The van der Waals surface area contributed by atoms with Gasteiger partial charge in [0.05, 0.1) is 18.5 Å². The minimum atomic E-state index is 0.622. The van der Waals surface area contributed by atoms with E-state index in [1.165, 1.54) is 5.56 Å². The fraction of sp³-hybridized carbons (Fsp3) is 0.143. The molecule has 0 fully saturated rings. The van der Waals surface area contributed by atoms with E-state index in [1.807, 2.05) is 30.3 Å². The third-order valence-electron chi connectivity index (χ3n) is 2.58. The van der Waals surface area contributed by atoms with Gasteiger partial charge in [-0.15, -0.1) is 0 Å². The van der Waals surface area contributed by atoms with E-state index in [2.05, 4.69) is 24.4 Å². The van der Waals surface area contributed by atoms with E-state index in [9.17, 15) is 0 Å². The summed E-state index contributed by atoms with van der Waals surface area (Å²) in [6.45, 7) is 2.06. The first-order valence-electron chi connectivity index (χ1n) is 5.47. The highest BCUT2D eigenvalue weighted by Crippen LogP contribution is 2.31. The van der Waals surface area contributed by atoms with Crippen molar-refractivity contribution < 1.29 is 4.74 Å². The predicted octanol–water partition coefficient (Wildman–Crippen LogP) is 3.33. The van der Waals surface area contributed by atoms with Crippen molar-refractivity contribution in [2.75, 3.05) is 18.2 Å². The topological polar surface area (TPSA) is 47.3 Å². The molecule has 0 aliphatic carbocycles. The van der Waals surface area contributed by atoms with Gasteiger partial charge in [0.2, 0.25) is 0 Å². The number of hydrogen-bond acceptors (Lipinski definition) is 3. The zero-order valence-electron chi connectivity index (χ0n) is 10.0. The fourth-order valence-electron chi connectivity index (χ4n) is 1.71. The smallest absolute Gasteiger partial charge is 0.143 e. The molecule has 0 bridgehead atoms. The molecular formula is C14H16N2O. The van der Waals surface area contributed by atoms with E-state index in [-0.39, 0.29) is 0 Å². The average molecular weight is 228 g/mol. The van der Waals surface area contributed by atoms with Gasteiger partial charge in [-0.25, -0.2) is 0 Å². The summed E-state index contributed by atoms with van der Waals surface area (Å²) in [6, 6.07) is 13.8. The standard InChI is InChI=1S/C14H16N2O/c1-10-5-3-6-11(9-10)16-12-7-4-8-13(17-2)14(12)15/h3-9,16H,15H2,1-2H3. The maximum atomic E-state index is 5.99. The molecule has 0 saturated heterocycles. The Balaban J connectivity index is 2.30. The van der Waals surface area contributed by atoms with Crippen molar-refractivity contribution in [3.05, 3.63) is 48.0 Å². The molecule has 3 heteroatoms. The highest BCUT2D eigenvalue weighted by atomic mass is 16.5. The van der Waals surface area contributed by atoms with Crippen LogP contribution in [0.1, 0.15) is 5.56 Å². The van der Waals surface area contributed by atoms with Gasteiger partial charge in [-0.05, 0) is 36.8 Å². The van der Waals surface area contributed by atoms with Crippen molar-refractivity contribution in [1.29, 1.82) is 0 Å². The van der Waals surface area contributed by atoms with Gasteiger partial charge < -0.3 is 15.8 Å². The van der Waals surface area contributed by atoms with Gasteiger partial charge in [-0.3, -0.25) is 0 Å². The highest BCUT2D eigenvalue weighted by Gasteiger charge is 2.04. The van der Waals surface area contributed by atoms with Crippen LogP contribution in [0.2, 0.25) is 0 Å². The van der Waals surface area contributed by atoms with E-state index in [0.717, 1.165) is 11.4 Å². The number of nitrogens with two attached hydrogens (primary N) is 1. The summed E-state index contributed by atoms with van der Waals surface area (Å²) in [7, 11) is 1.61. The Hall–Kier alpha value is -2.16. The molecule has 17 heavy (non-hydrogen) atoms. The largest absolute Gasteiger partial charge is 0.495 e. The second-order valence-corrected chi connectivity index (χ2v) is 3.92. The molecule has 0 unspecified atom stereocenters. The normalized spacial score (nSPS) is 10.0. The number of aryl methyl sites for hydroxylation is 1. The first kappa shape index (κ1) is 11.3. The number of ether oxygens (including phenoxy) is 1. The molecule has 0 atom stereocenters. The first-order valence-corrected chi connectivity index (χ1v) is 5.47. The van der Waals surface area contributed by atoms with Crippen LogP contribution in [0.3, 0.4) is 0 Å². The summed E-state index contributed by atoms with van der Waals surface area (Å²) in [5, 5.41) is 3.28. The lowest BCUT2D eigenvalue weighted by atomic mass is 10.2. The van der Waals surface area contributed by atoms with Gasteiger partial charge >= 0.3 is 0 Å². The van der Waals surface area contributed by atoms with E-state index in [4.69, 9.17) is 10.5 Å². The molecular weight excluding hydrogens is 212 g/mol. The number of methoxy groups -OCH3 is 1. The molecule has 3 N–H and O–H groups in total. The maximum absolute atomic E-state index is 5.99. The molecule has 0 radical (unpaired) electrons. The van der Waals surface area contributed by atoms with Crippen LogP contribution in [0, 0.1) is 6.92 Å². The lowest BCUT2D eigenvalue weighted by Gasteiger charge is -2.12. The SMILES string of the molecule is COc1cccc(Nc2cccc(C)c2)c1N. The van der Waals surface area contributed by atoms with Crippen molar-refractivity contribution in [3.63, 3.8) is 0 Å². The Kier molecular flexibility index (Phi) is 3.19. The monoisotopic (exact) mass is 228 g/mol. The summed E-state index contributed by atoms with van der Waals surface area (Å²) in [5.41, 5.74) is 9.69. The van der Waals surface area contributed by atoms with Crippen LogP contribution in [0.25, 0.3) is 0 Å². The minimum absolute atomic E-state index is 0.622. The van der Waals surface area contributed by atoms with Crippen molar-refractivity contribution in [1.82, 2.24) is 0 Å². The zero-order chi connectivity index (χ0) is 12.3. The van der Waals surface area contributed by atoms with E-state index in [0.29, 0.717) is 11.4 Å². The Morgan fingerprint density at radius 2 is 1.88 bits per heavy atom. The number of nitrogen functional groups attached to an aromatic ring is 1. The first-order chi connectivity index (χ1) is 8.20. The minimum Gasteiger partial charge on any atom is -0.495 e. The van der Waals surface area contributed by atoms with Gasteiger partial charge in [-0.1, -0.05) is 18.2 Å². The highest BCUT2D eigenvalue weighted by molar-refractivity contribution is 5.77. The Labute approximate surface area is 101 Å². The van der Waals surface area contributed by atoms with Crippen molar-refractivity contribution >= 4 is 17.1 Å². The van der Waals surface area contributed by atoms with E-state index < -0.39 is 0 Å². The maximum Gasteiger partial charge on any atom is 0.143 e. The summed E-state index contributed by atoms with van der Waals surface area (Å²) >= 11 is 0. The van der Waals surface area contributed by atoms with Crippen LogP contribution in [0.4, 0.5) is 17.1 Å². The second-order valence-electron chi connectivity index (χ2n) is 3.92. The number of nitrogens with one attached hydrogen (secondary N) is 1. The third kappa shape index (κ3) is 2.50. The zero-order valence-corrected chi connectivity index (χ0v) is 10.0. The molecule has 0 aromatic heterocycles. The molecule has 0 amide bonds. The fourth-order valence-corrected chi connectivity index (χ4v) is 1.71. The third-order valence-corrected chi connectivity index (χ3v) is 2.58. The van der Waals surface area contributed by atoms with Crippen LogP contribution in [0.15, 0.2) is 42.5 Å². The Morgan fingerprint density at radius 1 is 1.12 bits per heavy atom. The Bertz CT molecular complexity index is 523. The summed E-state index contributed by atoms with van der Waals surface area (Å²) < 4.78 is 5.18. The van der Waals surface area contributed by atoms with E-state index >= 15 is 0 Å². The number of para-hydroxylation sites is 1. The van der Waals surface area contributed by atoms with Crippen LogP contribution in [-0.4, -0.2) is 7.11 Å². The van der Waals surface area contributed by atoms with E-state index in [1.54, 1.807) is 7.11 Å². The van der Waals surface area contributed by atoms with Crippen molar-refractivity contribution in [2.45, 2.75) is 6.92 Å². The van der Waals surface area contributed by atoms with Crippen LogP contribution < -0.4 is 15.8 Å². The number of benzene rings is 2. The quantitative estimate of drug-likeness (QED) is 0.792. The number of hydrogen-bond donors (Lipinski definition) is 2. The van der Waals surface area contributed by atoms with Gasteiger partial charge in [0.1, 0.15) is 5.75 Å². The molecule has 2 aromatic rings. The second kappa shape index (κ2) is 4.78. The molecule has 0 heterocycles. The summed E-state index contributed by atoms with van der Waals surface area (Å²) in [6.07, 6.45) is 0. The average Bonchev–Trinajstić information content (AvgIpc) is 2.32. The molecule has 2 rings (SSSR count). The summed E-state index contributed by atoms with van der Waals surface area (Å²) in [4.78, 5) is 0. The molecule has 2 aromatic carbocycles. The molecule has 0 aliphatic heterocycles. The van der Waals surface area contributed by atoms with Crippen LogP contribution in [-0.2, 0) is 0 Å². The molecule has 0 aliphatic rings. The van der Waals surface area contributed by atoms with Crippen molar-refractivity contribution in [2.24, 2.45) is 0 Å². The molecule has 3 nitrogen and oxygen atoms in total. The van der Waals surface area contributed by atoms with Crippen molar-refractivity contribution in [3.8, 4) is 5.75 Å². The van der Waals surface area contributed by atoms with Gasteiger partial charge in [0.15, 0.2) is 0 Å². The van der Waals surface area contributed by atoms with Crippen LogP contribution in [0.5, 0.6) is 5.75 Å². The molecule has 88 valence electrons. The van der Waals surface area contributed by atoms with Gasteiger partial charge in [0, 0.05) is 5.69 Å². The number of rotatable bonds is 3. The lowest BCUT2D eigenvalue weighted by Crippen LogP contribution is -1.99. The number of anilines is 3.